The Morgan fingerprint density at radius 2 is 2.19 bits per heavy atom. The number of halogens is 3. The van der Waals surface area contributed by atoms with Crippen molar-refractivity contribution in [3.05, 3.63) is 18.5 Å². The predicted molar refractivity (Wildman–Crippen MR) is 51.8 cm³/mol. The quantitative estimate of drug-likeness (QED) is 0.795. The highest BCUT2D eigenvalue weighted by Crippen LogP contribution is 2.19. The number of aromatic nitrogens is 2. The zero-order chi connectivity index (χ0) is 12.2. The molecule has 0 aliphatic rings. The van der Waals surface area contributed by atoms with E-state index in [1.165, 1.54) is 0 Å². The zero-order valence-electron chi connectivity index (χ0n) is 8.78. The molecule has 7 heteroatoms. The number of rotatable bonds is 5. The summed E-state index contributed by atoms with van der Waals surface area (Å²) in [5.74, 6) is 0. The molecule has 1 aromatic rings. The molecule has 92 valence electrons. The molecule has 0 spiro atoms. The van der Waals surface area contributed by atoms with Crippen LogP contribution in [-0.2, 0) is 6.54 Å². The van der Waals surface area contributed by atoms with Gasteiger partial charge < -0.3 is 10.4 Å². The Labute approximate surface area is 91.1 Å². The molecule has 0 amide bonds. The molecule has 0 saturated heterocycles. The second kappa shape index (κ2) is 5.31. The van der Waals surface area contributed by atoms with E-state index in [9.17, 15) is 13.2 Å². The van der Waals surface area contributed by atoms with Crippen molar-refractivity contribution < 1.29 is 18.3 Å². The Hall–Kier alpha value is -1.08. The van der Waals surface area contributed by atoms with Crippen molar-refractivity contribution in [3.63, 3.8) is 0 Å². The fourth-order valence-corrected chi connectivity index (χ4v) is 1.18. The van der Waals surface area contributed by atoms with Gasteiger partial charge in [0.05, 0.1) is 6.54 Å². The van der Waals surface area contributed by atoms with Crippen LogP contribution in [0.5, 0.6) is 0 Å². The Kier molecular flexibility index (Phi) is 4.31. The topological polar surface area (TPSA) is 50.1 Å². The zero-order valence-corrected chi connectivity index (χ0v) is 8.78. The van der Waals surface area contributed by atoms with E-state index < -0.39 is 18.8 Å². The fourth-order valence-electron chi connectivity index (χ4n) is 1.18. The summed E-state index contributed by atoms with van der Waals surface area (Å²) < 4.78 is 37.5. The lowest BCUT2D eigenvalue weighted by molar-refractivity contribution is -0.202. The number of hydrogen-bond donors (Lipinski definition) is 2. The van der Waals surface area contributed by atoms with E-state index in [0.717, 1.165) is 0 Å². The van der Waals surface area contributed by atoms with Crippen LogP contribution >= 0.6 is 0 Å². The number of aliphatic hydroxyl groups is 1. The molecule has 0 bridgehead atoms. The fraction of sp³-hybridized carbons (Fsp3) is 0.667. The largest absolute Gasteiger partial charge is 0.415 e. The van der Waals surface area contributed by atoms with Crippen LogP contribution in [0.2, 0.25) is 0 Å². The monoisotopic (exact) mass is 237 g/mol. The summed E-state index contributed by atoms with van der Waals surface area (Å²) in [4.78, 5) is 0. The highest BCUT2D eigenvalue weighted by Gasteiger charge is 2.37. The molecule has 0 aliphatic carbocycles. The number of hydrogen-bond acceptors (Lipinski definition) is 3. The average molecular weight is 237 g/mol. The van der Waals surface area contributed by atoms with E-state index in [1.54, 1.807) is 30.1 Å². The van der Waals surface area contributed by atoms with Crippen LogP contribution in [-0.4, -0.2) is 39.8 Å². The van der Waals surface area contributed by atoms with Gasteiger partial charge in [-0.15, -0.1) is 0 Å². The molecule has 0 aromatic carbocycles. The Morgan fingerprint density at radius 3 is 2.69 bits per heavy atom. The van der Waals surface area contributed by atoms with E-state index in [1.807, 2.05) is 0 Å². The molecule has 0 radical (unpaired) electrons. The van der Waals surface area contributed by atoms with Gasteiger partial charge in [-0.05, 0) is 13.0 Å². The molecule has 2 atom stereocenters. The molecular formula is C9H14F3N3O. The minimum absolute atomic E-state index is 0.197. The first-order valence-electron chi connectivity index (χ1n) is 4.85. The van der Waals surface area contributed by atoms with Crippen molar-refractivity contribution in [1.82, 2.24) is 15.1 Å². The van der Waals surface area contributed by atoms with Gasteiger partial charge in [0.1, 0.15) is 0 Å². The molecule has 16 heavy (non-hydrogen) atoms. The van der Waals surface area contributed by atoms with E-state index in [2.05, 4.69) is 10.4 Å². The molecule has 0 fully saturated rings. The molecule has 0 aliphatic heterocycles. The van der Waals surface area contributed by atoms with Gasteiger partial charge in [-0.3, -0.25) is 4.68 Å². The lowest BCUT2D eigenvalue weighted by Gasteiger charge is -2.18. The number of nitrogens with one attached hydrogen (secondary N) is 1. The second-order valence-corrected chi connectivity index (χ2v) is 3.59. The lowest BCUT2D eigenvalue weighted by atomic mass is 10.3. The van der Waals surface area contributed by atoms with Gasteiger partial charge in [0.2, 0.25) is 0 Å². The predicted octanol–water partition coefficient (Wildman–Crippen LogP) is 0.784. The summed E-state index contributed by atoms with van der Waals surface area (Å²) in [6.45, 7) is 1.67. The molecular weight excluding hydrogens is 223 g/mol. The maximum Gasteiger partial charge on any atom is 0.415 e. The van der Waals surface area contributed by atoms with Crippen LogP contribution in [0, 0.1) is 0 Å². The normalized spacial score (nSPS) is 16.1. The van der Waals surface area contributed by atoms with Crippen molar-refractivity contribution in [2.24, 2.45) is 0 Å². The van der Waals surface area contributed by atoms with Crippen LogP contribution < -0.4 is 5.32 Å². The van der Waals surface area contributed by atoms with Gasteiger partial charge in [0.15, 0.2) is 6.10 Å². The van der Waals surface area contributed by atoms with Gasteiger partial charge in [-0.2, -0.15) is 18.3 Å². The number of alkyl halides is 3. The first kappa shape index (κ1) is 13.0. The summed E-state index contributed by atoms with van der Waals surface area (Å²) in [7, 11) is 0. The standard InChI is InChI=1S/C9H14F3N3O/c1-7(6-15-4-2-3-14-15)13-5-8(16)9(10,11)12/h2-4,7-8,13,16H,5-6H2,1H3. The van der Waals surface area contributed by atoms with Crippen molar-refractivity contribution in [2.45, 2.75) is 31.8 Å². The van der Waals surface area contributed by atoms with Crippen molar-refractivity contribution >= 4 is 0 Å². The van der Waals surface area contributed by atoms with Crippen molar-refractivity contribution in [3.8, 4) is 0 Å². The second-order valence-electron chi connectivity index (χ2n) is 3.59. The highest BCUT2D eigenvalue weighted by atomic mass is 19.4. The van der Waals surface area contributed by atoms with Gasteiger partial charge in [-0.25, -0.2) is 0 Å². The summed E-state index contributed by atoms with van der Waals surface area (Å²) >= 11 is 0. The van der Waals surface area contributed by atoms with E-state index in [0.29, 0.717) is 6.54 Å². The average Bonchev–Trinajstić information content (AvgIpc) is 2.65. The maximum atomic E-state index is 12.0. The molecule has 1 aromatic heterocycles. The van der Waals surface area contributed by atoms with Crippen molar-refractivity contribution in [1.29, 1.82) is 0 Å². The van der Waals surface area contributed by atoms with Gasteiger partial charge in [0.25, 0.3) is 0 Å². The molecule has 2 N–H and O–H groups in total. The number of nitrogens with zero attached hydrogens (tertiary/aromatic N) is 2. The minimum Gasteiger partial charge on any atom is -0.382 e. The third-order valence-corrected chi connectivity index (χ3v) is 2.06. The van der Waals surface area contributed by atoms with Crippen LogP contribution in [0.25, 0.3) is 0 Å². The Morgan fingerprint density at radius 1 is 1.50 bits per heavy atom. The maximum absolute atomic E-state index is 12.0. The smallest absolute Gasteiger partial charge is 0.382 e. The number of aliphatic hydroxyl groups excluding tert-OH is 1. The molecule has 1 rings (SSSR count). The third-order valence-electron chi connectivity index (χ3n) is 2.06. The molecule has 4 nitrogen and oxygen atoms in total. The summed E-state index contributed by atoms with van der Waals surface area (Å²) in [6, 6.07) is 1.54. The van der Waals surface area contributed by atoms with Gasteiger partial charge in [-0.1, -0.05) is 0 Å². The highest BCUT2D eigenvalue weighted by molar-refractivity contribution is 4.79. The van der Waals surface area contributed by atoms with Gasteiger partial charge >= 0.3 is 6.18 Å². The first-order chi connectivity index (χ1) is 7.39. The lowest BCUT2D eigenvalue weighted by Crippen LogP contribution is -2.42. The van der Waals surface area contributed by atoms with Crippen LogP contribution in [0.3, 0.4) is 0 Å². The van der Waals surface area contributed by atoms with E-state index >= 15 is 0 Å². The van der Waals surface area contributed by atoms with Gasteiger partial charge in [0, 0.05) is 25.0 Å². The minimum atomic E-state index is -4.57. The van der Waals surface area contributed by atoms with Crippen LogP contribution in [0.1, 0.15) is 6.92 Å². The van der Waals surface area contributed by atoms with E-state index in [4.69, 9.17) is 5.11 Å². The Balaban J connectivity index is 2.28. The summed E-state index contributed by atoms with van der Waals surface area (Å²) in [5, 5.41) is 15.3. The van der Waals surface area contributed by atoms with Crippen molar-refractivity contribution in [2.75, 3.05) is 6.54 Å². The SMILES string of the molecule is CC(Cn1cccn1)NCC(O)C(F)(F)F. The van der Waals surface area contributed by atoms with Crippen LogP contribution in [0.4, 0.5) is 13.2 Å². The molecule has 0 saturated carbocycles. The first-order valence-corrected chi connectivity index (χ1v) is 4.85. The van der Waals surface area contributed by atoms with E-state index in [-0.39, 0.29) is 6.04 Å². The summed E-state index contributed by atoms with van der Waals surface area (Å²) in [6.07, 6.45) is -3.58. The van der Waals surface area contributed by atoms with Crippen LogP contribution in [0.15, 0.2) is 18.5 Å². The third kappa shape index (κ3) is 4.19. The summed E-state index contributed by atoms with van der Waals surface area (Å²) in [5.41, 5.74) is 0. The Bertz CT molecular complexity index is 299. The molecule has 1 heterocycles. The molecule has 2 unspecified atom stereocenters.